The number of pyridine rings is 1. The molecule has 0 atom stereocenters. The minimum Gasteiger partial charge on any atom is -0.480 e. The Hall–Kier alpha value is -3.88. The van der Waals surface area contributed by atoms with Crippen LogP contribution in [0.4, 0.5) is 0 Å². The van der Waals surface area contributed by atoms with Crippen molar-refractivity contribution in [2.75, 3.05) is 72.0 Å². The van der Waals surface area contributed by atoms with Gasteiger partial charge >= 0.3 is 5.97 Å². The van der Waals surface area contributed by atoms with E-state index in [9.17, 15) is 24.4 Å². The number of nitrogens with zero attached hydrogens (tertiary/aromatic N) is 6. The Bertz CT molecular complexity index is 1210. The first-order chi connectivity index (χ1) is 20.3. The molecule has 1 aromatic carbocycles. The lowest BCUT2D eigenvalue weighted by atomic mass is 10.0. The first kappa shape index (κ1) is 32.6. The van der Waals surface area contributed by atoms with Crippen LogP contribution in [0.15, 0.2) is 60.4 Å². The van der Waals surface area contributed by atoms with Gasteiger partial charge in [-0.3, -0.25) is 39.0 Å². The number of carboxylic acid groups (broad SMARTS) is 1. The van der Waals surface area contributed by atoms with Gasteiger partial charge in [-0.2, -0.15) is 0 Å². The highest BCUT2D eigenvalue weighted by atomic mass is 16.4. The van der Waals surface area contributed by atoms with Gasteiger partial charge in [0.1, 0.15) is 0 Å². The number of rotatable bonds is 11. The van der Waals surface area contributed by atoms with Crippen LogP contribution in [0.25, 0.3) is 11.1 Å². The Morgan fingerprint density at radius 1 is 0.857 bits per heavy atom. The average molecular weight is 581 g/mol. The molecule has 1 fully saturated rings. The number of nitrogens with two attached hydrogens (primary N) is 1. The number of aromatic nitrogens is 1. The van der Waals surface area contributed by atoms with E-state index in [-0.39, 0.29) is 32.1 Å². The highest BCUT2D eigenvalue weighted by Crippen LogP contribution is 2.21. The fraction of sp³-hybridized carbons (Fsp3) is 0.448. The normalized spacial score (nSPS) is 16.6. The Balaban J connectivity index is 1.84. The first-order valence-corrected chi connectivity index (χ1v) is 13.9. The van der Waals surface area contributed by atoms with Crippen molar-refractivity contribution in [2.45, 2.75) is 13.1 Å². The van der Waals surface area contributed by atoms with E-state index in [1.807, 2.05) is 57.2 Å². The second-order valence-electron chi connectivity index (χ2n) is 10.2. The number of nitroso groups, excluding NO2 is 1. The highest BCUT2D eigenvalue weighted by molar-refractivity contribution is 5.79. The monoisotopic (exact) mass is 580 g/mol. The van der Waals surface area contributed by atoms with E-state index in [1.54, 1.807) is 0 Å². The number of hydrogen-bond acceptors (Lipinski definition) is 10. The van der Waals surface area contributed by atoms with Gasteiger partial charge in [0.2, 0.25) is 5.91 Å². The molecule has 0 radical (unpaired) electrons. The van der Waals surface area contributed by atoms with Gasteiger partial charge in [0.25, 0.3) is 5.91 Å². The Morgan fingerprint density at radius 3 is 1.95 bits per heavy atom. The molecular weight excluding hydrogens is 540 g/mol. The number of carbonyl (C=O) groups is 3. The summed E-state index contributed by atoms with van der Waals surface area (Å²) in [6.45, 7) is 7.79. The van der Waals surface area contributed by atoms with Crippen molar-refractivity contribution in [2.24, 2.45) is 10.9 Å². The zero-order chi connectivity index (χ0) is 30.3. The third-order valence-corrected chi connectivity index (χ3v) is 7.01. The number of hydrogen-bond donors (Lipinski definition) is 3. The number of amides is 2. The Kier molecular flexibility index (Phi) is 13.3. The molecule has 13 heteroatoms. The van der Waals surface area contributed by atoms with Crippen LogP contribution in [0.1, 0.15) is 11.4 Å². The topological polar surface area (TPSA) is 165 Å². The lowest BCUT2D eigenvalue weighted by Crippen LogP contribution is -2.48. The zero-order valence-electron chi connectivity index (χ0n) is 23.9. The van der Waals surface area contributed by atoms with Gasteiger partial charge in [-0.25, -0.2) is 0 Å². The van der Waals surface area contributed by atoms with Gasteiger partial charge < -0.3 is 16.2 Å². The maximum atomic E-state index is 12.3. The molecule has 4 N–H and O–H groups in total. The second-order valence-corrected chi connectivity index (χ2v) is 10.2. The fourth-order valence-corrected chi connectivity index (χ4v) is 4.85. The lowest BCUT2D eigenvalue weighted by Gasteiger charge is -2.33. The standard InChI is InChI=1S/C29H40N8O5/c1-2-31-27(38)20-35-11-12-36(21-28(39)33-42)10-8-34(9-14-37(15-13-35)22-29(40)41)19-26-17-24(16-25(18-30)32-26)23-6-4-3-5-7-23/h2-7,16-17H,1,8-15,18-22,30H2,(H,31,38)(H,40,41). The van der Waals surface area contributed by atoms with Crippen molar-refractivity contribution in [3.8, 4) is 11.1 Å². The van der Waals surface area contributed by atoms with Crippen LogP contribution in [0.3, 0.4) is 0 Å². The SMILES string of the molecule is C=CNC(=O)CN1CCN(CC(=O)O)CCN(Cc2cc(-c3ccccc3)cc(CN)n2)CCN(CC(=O)N=O)CC1. The largest absolute Gasteiger partial charge is 0.480 e. The van der Waals surface area contributed by atoms with Gasteiger partial charge in [-0.1, -0.05) is 36.9 Å². The summed E-state index contributed by atoms with van der Waals surface area (Å²) in [4.78, 5) is 59.3. The molecule has 2 amide bonds. The number of aliphatic carboxylic acids is 1. The zero-order valence-corrected chi connectivity index (χ0v) is 23.9. The van der Waals surface area contributed by atoms with Gasteiger partial charge in [-0.05, 0) is 29.5 Å². The average Bonchev–Trinajstić information content (AvgIpc) is 2.98. The molecule has 0 aliphatic carbocycles. The van der Waals surface area contributed by atoms with Gasteiger partial charge in [0.15, 0.2) is 0 Å². The Morgan fingerprint density at radius 2 is 1.40 bits per heavy atom. The fourth-order valence-electron chi connectivity index (χ4n) is 4.85. The molecular formula is C29H40N8O5. The van der Waals surface area contributed by atoms with Crippen LogP contribution >= 0.6 is 0 Å². The third-order valence-electron chi connectivity index (χ3n) is 7.01. The molecule has 0 spiro atoms. The molecule has 1 aromatic heterocycles. The summed E-state index contributed by atoms with van der Waals surface area (Å²) in [5.41, 5.74) is 9.61. The molecule has 42 heavy (non-hydrogen) atoms. The van der Waals surface area contributed by atoms with E-state index < -0.39 is 11.9 Å². The summed E-state index contributed by atoms with van der Waals surface area (Å²) in [6.07, 6.45) is 1.31. The van der Waals surface area contributed by atoms with E-state index in [4.69, 9.17) is 10.7 Å². The molecule has 1 saturated heterocycles. The molecule has 226 valence electrons. The minimum absolute atomic E-state index is 0.0830. The second kappa shape index (κ2) is 17.2. The van der Waals surface area contributed by atoms with Crippen LogP contribution in [0.5, 0.6) is 0 Å². The molecule has 3 rings (SSSR count). The van der Waals surface area contributed by atoms with Crippen LogP contribution in [-0.2, 0) is 27.5 Å². The number of nitrogens with one attached hydrogen (secondary N) is 1. The summed E-state index contributed by atoms with van der Waals surface area (Å²) in [5, 5.41) is 14.7. The summed E-state index contributed by atoms with van der Waals surface area (Å²) >= 11 is 0. The van der Waals surface area contributed by atoms with Crippen LogP contribution in [0.2, 0.25) is 0 Å². The highest BCUT2D eigenvalue weighted by Gasteiger charge is 2.21. The molecule has 13 nitrogen and oxygen atoms in total. The van der Waals surface area contributed by atoms with Crippen molar-refractivity contribution in [3.05, 3.63) is 71.5 Å². The van der Waals surface area contributed by atoms with Gasteiger partial charge in [0.05, 0.1) is 31.0 Å². The predicted octanol–water partition coefficient (Wildman–Crippen LogP) is 0.566. The summed E-state index contributed by atoms with van der Waals surface area (Å²) in [5.74, 6) is -1.94. The van der Waals surface area contributed by atoms with E-state index in [1.165, 1.54) is 6.20 Å². The lowest BCUT2D eigenvalue weighted by molar-refractivity contribution is -0.138. The predicted molar refractivity (Wildman–Crippen MR) is 159 cm³/mol. The summed E-state index contributed by atoms with van der Waals surface area (Å²) in [6, 6.07) is 14.0. The van der Waals surface area contributed by atoms with Crippen LogP contribution in [0, 0.1) is 4.91 Å². The molecule has 2 aromatic rings. The first-order valence-electron chi connectivity index (χ1n) is 13.9. The van der Waals surface area contributed by atoms with Crippen LogP contribution in [-0.4, -0.2) is 119 Å². The molecule has 1 aliphatic heterocycles. The number of carboxylic acids is 1. The van der Waals surface area contributed by atoms with E-state index >= 15 is 0 Å². The van der Waals surface area contributed by atoms with Crippen molar-refractivity contribution in [1.29, 1.82) is 0 Å². The maximum absolute atomic E-state index is 12.3. The van der Waals surface area contributed by atoms with E-state index in [2.05, 4.69) is 22.0 Å². The van der Waals surface area contributed by atoms with Gasteiger partial charge in [0, 0.05) is 70.6 Å². The van der Waals surface area contributed by atoms with Crippen molar-refractivity contribution < 1.29 is 19.5 Å². The quantitative estimate of drug-likeness (QED) is 0.318. The Labute approximate surface area is 245 Å². The molecule has 0 saturated carbocycles. The molecule has 2 heterocycles. The molecule has 1 aliphatic rings. The molecule has 0 bridgehead atoms. The van der Waals surface area contributed by atoms with Crippen molar-refractivity contribution in [1.82, 2.24) is 29.9 Å². The summed E-state index contributed by atoms with van der Waals surface area (Å²) in [7, 11) is 0. The van der Waals surface area contributed by atoms with Crippen LogP contribution < -0.4 is 11.1 Å². The number of benzene rings is 1. The third kappa shape index (κ3) is 11.2. The van der Waals surface area contributed by atoms with E-state index in [0.29, 0.717) is 58.9 Å². The minimum atomic E-state index is -0.930. The van der Waals surface area contributed by atoms with Gasteiger partial charge in [-0.15, -0.1) is 4.91 Å². The molecule has 0 unspecified atom stereocenters. The smallest absolute Gasteiger partial charge is 0.317 e. The van der Waals surface area contributed by atoms with E-state index in [0.717, 1.165) is 22.5 Å². The van der Waals surface area contributed by atoms with Crippen molar-refractivity contribution >= 4 is 17.8 Å². The number of carbonyl (C=O) groups excluding carboxylic acids is 2. The van der Waals surface area contributed by atoms with Crippen molar-refractivity contribution in [3.63, 3.8) is 0 Å². The maximum Gasteiger partial charge on any atom is 0.317 e. The summed E-state index contributed by atoms with van der Waals surface area (Å²) < 4.78 is 0.